The fourth-order valence-electron chi connectivity index (χ4n) is 1.76. The van der Waals surface area contributed by atoms with Crippen LogP contribution in [0.1, 0.15) is 16.1 Å². The summed E-state index contributed by atoms with van der Waals surface area (Å²) in [6, 6.07) is 6.76. The number of benzene rings is 1. The van der Waals surface area contributed by atoms with Crippen LogP contribution >= 0.6 is 11.3 Å². The number of hydrogen-bond acceptors (Lipinski definition) is 5. The van der Waals surface area contributed by atoms with Crippen molar-refractivity contribution in [1.29, 1.82) is 0 Å². The van der Waals surface area contributed by atoms with Crippen molar-refractivity contribution in [1.82, 2.24) is 4.57 Å². The minimum Gasteiger partial charge on any atom is -0.492 e. The molecule has 20 heavy (non-hydrogen) atoms. The number of methoxy groups -OCH3 is 1. The van der Waals surface area contributed by atoms with Gasteiger partial charge in [-0.25, -0.2) is 4.79 Å². The molecule has 0 N–H and O–H groups in total. The van der Waals surface area contributed by atoms with E-state index in [9.17, 15) is 9.59 Å². The lowest BCUT2D eigenvalue weighted by Crippen LogP contribution is -2.19. The number of carbonyl (C=O) groups is 1. The molecule has 0 aliphatic carbocycles. The van der Waals surface area contributed by atoms with Gasteiger partial charge < -0.3 is 9.47 Å². The molecular weight excluding hydrogens is 278 g/mol. The summed E-state index contributed by atoms with van der Waals surface area (Å²) >= 11 is 1.18. The number of aromatic nitrogens is 1. The number of ether oxygens (including phenoxy) is 2. The second-order valence-corrected chi connectivity index (χ2v) is 4.98. The molecule has 0 saturated heterocycles. The Hall–Kier alpha value is -2.08. The molecule has 1 aromatic heterocycles. The molecule has 0 atom stereocenters. The third-order valence-corrected chi connectivity index (χ3v) is 3.70. The topological polar surface area (TPSA) is 57.5 Å². The number of thiazole rings is 1. The number of hydrogen-bond donors (Lipinski definition) is 0. The number of rotatable bonds is 5. The normalized spacial score (nSPS) is 10.3. The van der Waals surface area contributed by atoms with Crippen LogP contribution in [0.2, 0.25) is 0 Å². The first kappa shape index (κ1) is 14.3. The van der Waals surface area contributed by atoms with Crippen molar-refractivity contribution in [2.45, 2.75) is 13.5 Å². The zero-order chi connectivity index (χ0) is 14.5. The van der Waals surface area contributed by atoms with Crippen molar-refractivity contribution in [3.8, 4) is 5.75 Å². The highest BCUT2D eigenvalue weighted by Gasteiger charge is 2.07. The average molecular weight is 293 g/mol. The summed E-state index contributed by atoms with van der Waals surface area (Å²) in [6.45, 7) is 2.73. The van der Waals surface area contributed by atoms with Gasteiger partial charge in [0.25, 0.3) is 0 Å². The molecule has 5 nitrogen and oxygen atoms in total. The summed E-state index contributed by atoms with van der Waals surface area (Å²) in [4.78, 5) is 22.9. The largest absolute Gasteiger partial charge is 0.492 e. The van der Waals surface area contributed by atoms with Crippen LogP contribution in [0.25, 0.3) is 0 Å². The van der Waals surface area contributed by atoms with Crippen LogP contribution in [-0.4, -0.2) is 24.3 Å². The Morgan fingerprint density at radius 2 is 2.20 bits per heavy atom. The Bertz CT molecular complexity index is 659. The van der Waals surface area contributed by atoms with Gasteiger partial charge in [0, 0.05) is 11.1 Å². The molecule has 1 heterocycles. The van der Waals surface area contributed by atoms with E-state index >= 15 is 0 Å². The maximum absolute atomic E-state index is 11.5. The minimum atomic E-state index is -0.402. The van der Waals surface area contributed by atoms with Crippen LogP contribution in [0.4, 0.5) is 0 Å². The van der Waals surface area contributed by atoms with Crippen molar-refractivity contribution in [2.24, 2.45) is 0 Å². The Kier molecular flexibility index (Phi) is 4.57. The molecule has 0 unspecified atom stereocenters. The number of carbonyl (C=O) groups excluding carboxylic acids is 1. The standard InChI is InChI=1S/C14H15NO4S/c1-10-9-20-14(17)15(10)6-7-19-12-5-3-4-11(8-12)13(16)18-2/h3-5,8-9H,6-7H2,1-2H3. The van der Waals surface area contributed by atoms with E-state index in [4.69, 9.17) is 4.74 Å². The highest BCUT2D eigenvalue weighted by molar-refractivity contribution is 7.07. The Labute approximate surface area is 120 Å². The summed E-state index contributed by atoms with van der Waals surface area (Å²) in [7, 11) is 1.33. The molecule has 0 amide bonds. The molecule has 0 aliphatic rings. The monoisotopic (exact) mass is 293 g/mol. The highest BCUT2D eigenvalue weighted by Crippen LogP contribution is 2.14. The maximum Gasteiger partial charge on any atom is 0.337 e. The van der Waals surface area contributed by atoms with Gasteiger partial charge in [-0.05, 0) is 25.1 Å². The van der Waals surface area contributed by atoms with Gasteiger partial charge in [-0.2, -0.15) is 0 Å². The third kappa shape index (κ3) is 3.27. The van der Waals surface area contributed by atoms with Crippen molar-refractivity contribution in [2.75, 3.05) is 13.7 Å². The van der Waals surface area contributed by atoms with E-state index in [1.54, 1.807) is 28.8 Å². The quantitative estimate of drug-likeness (QED) is 0.792. The molecule has 1 aromatic carbocycles. The lowest BCUT2D eigenvalue weighted by atomic mass is 10.2. The van der Waals surface area contributed by atoms with E-state index in [1.165, 1.54) is 18.4 Å². The number of nitrogens with zero attached hydrogens (tertiary/aromatic N) is 1. The van der Waals surface area contributed by atoms with Crippen LogP contribution in [0.5, 0.6) is 5.75 Å². The minimum absolute atomic E-state index is 0.00871. The van der Waals surface area contributed by atoms with Crippen molar-refractivity contribution >= 4 is 17.3 Å². The highest BCUT2D eigenvalue weighted by atomic mass is 32.1. The van der Waals surface area contributed by atoms with Gasteiger partial charge in [0.1, 0.15) is 12.4 Å². The SMILES string of the molecule is COC(=O)c1cccc(OCCn2c(C)csc2=O)c1. The fraction of sp³-hybridized carbons (Fsp3) is 0.286. The first-order valence-electron chi connectivity index (χ1n) is 6.08. The van der Waals surface area contributed by atoms with Gasteiger partial charge in [0.2, 0.25) is 0 Å². The average Bonchev–Trinajstić information content (AvgIpc) is 2.78. The zero-order valence-electron chi connectivity index (χ0n) is 11.3. The molecule has 0 bridgehead atoms. The van der Waals surface area contributed by atoms with E-state index < -0.39 is 5.97 Å². The second kappa shape index (κ2) is 6.38. The Balaban J connectivity index is 1.98. The first-order chi connectivity index (χ1) is 9.61. The molecule has 0 aliphatic heterocycles. The van der Waals surface area contributed by atoms with Crippen LogP contribution in [-0.2, 0) is 11.3 Å². The number of aryl methyl sites for hydroxylation is 1. The predicted molar refractivity (Wildman–Crippen MR) is 76.6 cm³/mol. The molecule has 0 spiro atoms. The van der Waals surface area contributed by atoms with Gasteiger partial charge in [0.05, 0.1) is 19.2 Å². The molecule has 2 aromatic rings. The van der Waals surface area contributed by atoms with Crippen LogP contribution < -0.4 is 9.61 Å². The van der Waals surface area contributed by atoms with Crippen molar-refractivity contribution in [3.05, 3.63) is 50.6 Å². The summed E-state index contributed by atoms with van der Waals surface area (Å²) < 4.78 is 11.9. The summed E-state index contributed by atoms with van der Waals surface area (Å²) in [5, 5.41) is 1.82. The molecule has 0 fully saturated rings. The van der Waals surface area contributed by atoms with E-state index in [-0.39, 0.29) is 4.87 Å². The lowest BCUT2D eigenvalue weighted by molar-refractivity contribution is 0.0600. The predicted octanol–water partition coefficient (Wildman–Crippen LogP) is 2.08. The molecule has 6 heteroatoms. The Morgan fingerprint density at radius 1 is 1.40 bits per heavy atom. The van der Waals surface area contributed by atoms with E-state index in [1.807, 2.05) is 12.3 Å². The van der Waals surface area contributed by atoms with Crippen LogP contribution in [0, 0.1) is 6.92 Å². The molecule has 106 valence electrons. The van der Waals surface area contributed by atoms with Crippen LogP contribution in [0.3, 0.4) is 0 Å². The molecular formula is C14H15NO4S. The van der Waals surface area contributed by atoms with Gasteiger partial charge >= 0.3 is 10.8 Å². The lowest BCUT2D eigenvalue weighted by Gasteiger charge is -2.08. The van der Waals surface area contributed by atoms with Gasteiger partial charge in [0.15, 0.2) is 0 Å². The van der Waals surface area contributed by atoms with E-state index in [0.717, 1.165) is 5.69 Å². The van der Waals surface area contributed by atoms with E-state index in [2.05, 4.69) is 4.74 Å². The smallest absolute Gasteiger partial charge is 0.337 e. The first-order valence-corrected chi connectivity index (χ1v) is 6.96. The summed E-state index contributed by atoms with van der Waals surface area (Å²) in [6.07, 6.45) is 0. The molecule has 0 saturated carbocycles. The van der Waals surface area contributed by atoms with Crippen molar-refractivity contribution in [3.63, 3.8) is 0 Å². The van der Waals surface area contributed by atoms with Gasteiger partial charge in [-0.3, -0.25) is 9.36 Å². The summed E-state index contributed by atoms with van der Waals surface area (Å²) in [5.41, 5.74) is 1.36. The van der Waals surface area contributed by atoms with Crippen LogP contribution in [0.15, 0.2) is 34.4 Å². The van der Waals surface area contributed by atoms with Gasteiger partial charge in [-0.1, -0.05) is 17.4 Å². The molecule has 0 radical (unpaired) electrons. The zero-order valence-corrected chi connectivity index (χ0v) is 12.1. The van der Waals surface area contributed by atoms with Crippen molar-refractivity contribution < 1.29 is 14.3 Å². The number of esters is 1. The maximum atomic E-state index is 11.5. The fourth-order valence-corrected chi connectivity index (χ4v) is 2.52. The van der Waals surface area contributed by atoms with Gasteiger partial charge in [-0.15, -0.1) is 0 Å². The molecule has 2 rings (SSSR count). The summed E-state index contributed by atoms with van der Waals surface area (Å²) in [5.74, 6) is 0.175. The third-order valence-electron chi connectivity index (χ3n) is 2.82. The Morgan fingerprint density at radius 3 is 2.85 bits per heavy atom. The van der Waals surface area contributed by atoms with E-state index in [0.29, 0.717) is 24.5 Å². The second-order valence-electron chi connectivity index (χ2n) is 4.16.